The normalized spacial score (nSPS) is 12.3. The van der Waals surface area contributed by atoms with E-state index >= 15 is 0 Å². The molecular weight excluding hydrogens is 439 g/mol. The van der Waals surface area contributed by atoms with Crippen LogP contribution in [0.15, 0.2) is 35.4 Å². The number of halogens is 1. The van der Waals surface area contributed by atoms with Gasteiger partial charge in [-0.3, -0.25) is 4.79 Å². The predicted molar refractivity (Wildman–Crippen MR) is 99.9 cm³/mol. The second kappa shape index (κ2) is 7.60. The van der Waals surface area contributed by atoms with Crippen molar-refractivity contribution in [2.45, 2.75) is 0 Å². The van der Waals surface area contributed by atoms with Gasteiger partial charge in [-0.25, -0.2) is 5.43 Å². The highest BCUT2D eigenvalue weighted by Gasteiger charge is 2.16. The van der Waals surface area contributed by atoms with Crippen LogP contribution in [0.2, 0.25) is 0 Å². The number of hydrogen-bond donors (Lipinski definition) is 1. The van der Waals surface area contributed by atoms with Crippen LogP contribution >= 0.6 is 22.6 Å². The van der Waals surface area contributed by atoms with Crippen LogP contribution in [0.3, 0.4) is 0 Å². The number of hydrogen-bond acceptors (Lipinski definition) is 6. The van der Waals surface area contributed by atoms with Crippen LogP contribution < -0.4 is 24.4 Å². The van der Waals surface area contributed by atoms with Gasteiger partial charge in [-0.05, 0) is 58.5 Å². The number of carbonyl (C=O) groups excluding carboxylic acids is 1. The molecule has 0 fully saturated rings. The molecule has 1 aliphatic heterocycles. The summed E-state index contributed by atoms with van der Waals surface area (Å²) < 4.78 is 21.9. The van der Waals surface area contributed by atoms with E-state index in [1.165, 1.54) is 6.21 Å². The molecule has 0 saturated heterocycles. The van der Waals surface area contributed by atoms with Gasteiger partial charge in [0.2, 0.25) is 6.79 Å². The summed E-state index contributed by atoms with van der Waals surface area (Å²) in [4.78, 5) is 12.2. The van der Waals surface area contributed by atoms with Crippen molar-refractivity contribution in [3.05, 3.63) is 45.0 Å². The largest absolute Gasteiger partial charge is 0.493 e. The van der Waals surface area contributed by atoms with Crippen molar-refractivity contribution in [2.24, 2.45) is 5.10 Å². The zero-order valence-corrected chi connectivity index (χ0v) is 15.7. The Morgan fingerprint density at radius 3 is 2.76 bits per heavy atom. The fraction of sp³-hybridized carbons (Fsp3) is 0.176. The summed E-state index contributed by atoms with van der Waals surface area (Å²) in [5.74, 6) is 2.08. The van der Waals surface area contributed by atoms with Gasteiger partial charge < -0.3 is 18.9 Å². The monoisotopic (exact) mass is 454 g/mol. The fourth-order valence-electron chi connectivity index (χ4n) is 2.28. The number of nitrogens with zero attached hydrogens (tertiary/aromatic N) is 1. The molecule has 25 heavy (non-hydrogen) atoms. The molecule has 130 valence electrons. The predicted octanol–water partition coefficient (Wildman–Crippen LogP) is 2.80. The number of amides is 1. The maximum Gasteiger partial charge on any atom is 0.271 e. The Morgan fingerprint density at radius 1 is 1.20 bits per heavy atom. The fourth-order valence-corrected chi connectivity index (χ4v) is 3.13. The van der Waals surface area contributed by atoms with Crippen LogP contribution in [-0.4, -0.2) is 33.1 Å². The van der Waals surface area contributed by atoms with Gasteiger partial charge in [-0.15, -0.1) is 0 Å². The van der Waals surface area contributed by atoms with Gasteiger partial charge in [-0.2, -0.15) is 5.10 Å². The van der Waals surface area contributed by atoms with Crippen molar-refractivity contribution >= 4 is 34.7 Å². The number of rotatable bonds is 5. The molecule has 0 unspecified atom stereocenters. The average Bonchev–Trinajstić information content (AvgIpc) is 3.08. The Morgan fingerprint density at radius 2 is 2.00 bits per heavy atom. The van der Waals surface area contributed by atoms with Gasteiger partial charge in [0.1, 0.15) is 0 Å². The molecule has 0 radical (unpaired) electrons. The van der Waals surface area contributed by atoms with Crippen LogP contribution in [-0.2, 0) is 0 Å². The standard InChI is InChI=1S/C17H15IN2O5/c1-22-15-6-10(5-12(18)16(15)23-2)8-19-20-17(21)11-3-4-13-14(7-11)25-9-24-13/h3-8H,9H2,1-2H3,(H,20,21)/b19-8-. The third-order valence-corrected chi connectivity index (χ3v) is 4.27. The van der Waals surface area contributed by atoms with E-state index < -0.39 is 0 Å². The molecule has 7 nitrogen and oxygen atoms in total. The van der Waals surface area contributed by atoms with Crippen molar-refractivity contribution in [1.29, 1.82) is 0 Å². The maximum atomic E-state index is 12.2. The van der Waals surface area contributed by atoms with Crippen molar-refractivity contribution in [2.75, 3.05) is 21.0 Å². The third-order valence-electron chi connectivity index (χ3n) is 3.47. The molecule has 3 rings (SSSR count). The van der Waals surface area contributed by atoms with E-state index in [-0.39, 0.29) is 12.7 Å². The Hall–Kier alpha value is -2.49. The number of fused-ring (bicyclic) bond motifs is 1. The zero-order valence-electron chi connectivity index (χ0n) is 13.5. The minimum absolute atomic E-state index is 0.163. The lowest BCUT2D eigenvalue weighted by atomic mass is 10.2. The molecule has 0 spiro atoms. The molecule has 1 aliphatic rings. The first-order valence-electron chi connectivity index (χ1n) is 7.27. The summed E-state index contributed by atoms with van der Waals surface area (Å²) in [6.45, 7) is 0.163. The quantitative estimate of drug-likeness (QED) is 0.427. The third kappa shape index (κ3) is 3.78. The summed E-state index contributed by atoms with van der Waals surface area (Å²) in [5.41, 5.74) is 3.69. The minimum Gasteiger partial charge on any atom is -0.493 e. The first kappa shape index (κ1) is 17.3. The van der Waals surface area contributed by atoms with E-state index in [1.54, 1.807) is 38.5 Å². The zero-order chi connectivity index (χ0) is 17.8. The highest BCUT2D eigenvalue weighted by Crippen LogP contribution is 2.33. The van der Waals surface area contributed by atoms with Crippen LogP contribution in [0.4, 0.5) is 0 Å². The van der Waals surface area contributed by atoms with Crippen molar-refractivity contribution < 1.29 is 23.7 Å². The summed E-state index contributed by atoms with van der Waals surface area (Å²) in [6, 6.07) is 8.61. The maximum absolute atomic E-state index is 12.2. The van der Waals surface area contributed by atoms with E-state index in [9.17, 15) is 4.79 Å². The van der Waals surface area contributed by atoms with E-state index in [0.29, 0.717) is 28.6 Å². The minimum atomic E-state index is -0.343. The summed E-state index contributed by atoms with van der Waals surface area (Å²) in [5, 5.41) is 3.99. The summed E-state index contributed by atoms with van der Waals surface area (Å²) >= 11 is 2.15. The van der Waals surface area contributed by atoms with Gasteiger partial charge in [0.15, 0.2) is 23.0 Å². The molecule has 0 saturated carbocycles. The van der Waals surface area contributed by atoms with E-state index in [1.807, 2.05) is 6.07 Å². The summed E-state index contributed by atoms with van der Waals surface area (Å²) in [6.07, 6.45) is 1.54. The Balaban J connectivity index is 1.70. The van der Waals surface area contributed by atoms with Crippen molar-refractivity contribution in [3.63, 3.8) is 0 Å². The molecule has 1 heterocycles. The number of ether oxygens (including phenoxy) is 4. The molecule has 2 aromatic carbocycles. The van der Waals surface area contributed by atoms with Crippen molar-refractivity contribution in [3.8, 4) is 23.0 Å². The highest BCUT2D eigenvalue weighted by atomic mass is 127. The Kier molecular flexibility index (Phi) is 5.27. The molecular formula is C17H15IN2O5. The van der Waals surface area contributed by atoms with Gasteiger partial charge in [-0.1, -0.05) is 0 Å². The SMILES string of the molecule is COc1cc(/C=N\NC(=O)c2ccc3c(c2)OCO3)cc(I)c1OC. The highest BCUT2D eigenvalue weighted by molar-refractivity contribution is 14.1. The van der Waals surface area contributed by atoms with Crippen molar-refractivity contribution in [1.82, 2.24) is 5.43 Å². The van der Waals surface area contributed by atoms with Gasteiger partial charge in [0.25, 0.3) is 5.91 Å². The van der Waals surface area contributed by atoms with E-state index in [4.69, 9.17) is 18.9 Å². The second-order valence-electron chi connectivity index (χ2n) is 5.01. The number of nitrogens with one attached hydrogen (secondary N) is 1. The topological polar surface area (TPSA) is 78.4 Å². The number of hydrazone groups is 1. The molecule has 0 aromatic heterocycles. The number of benzene rings is 2. The Bertz CT molecular complexity index is 838. The van der Waals surface area contributed by atoms with Crippen LogP contribution in [0.25, 0.3) is 0 Å². The van der Waals surface area contributed by atoms with E-state index in [2.05, 4.69) is 33.1 Å². The molecule has 2 aromatic rings. The number of methoxy groups -OCH3 is 2. The molecule has 0 atom stereocenters. The van der Waals surface area contributed by atoms with Crippen LogP contribution in [0, 0.1) is 3.57 Å². The first-order chi connectivity index (χ1) is 12.1. The summed E-state index contributed by atoms with van der Waals surface area (Å²) in [7, 11) is 3.15. The lowest BCUT2D eigenvalue weighted by Crippen LogP contribution is -2.17. The van der Waals surface area contributed by atoms with Gasteiger partial charge in [0, 0.05) is 5.56 Å². The van der Waals surface area contributed by atoms with Crippen LogP contribution in [0.1, 0.15) is 15.9 Å². The van der Waals surface area contributed by atoms with Gasteiger partial charge in [0.05, 0.1) is 24.0 Å². The Labute approximate surface area is 158 Å². The molecule has 0 aliphatic carbocycles. The second-order valence-corrected chi connectivity index (χ2v) is 6.17. The van der Waals surface area contributed by atoms with Gasteiger partial charge >= 0.3 is 0 Å². The van der Waals surface area contributed by atoms with Crippen LogP contribution in [0.5, 0.6) is 23.0 Å². The lowest BCUT2D eigenvalue weighted by molar-refractivity contribution is 0.0954. The average molecular weight is 454 g/mol. The molecule has 1 N–H and O–H groups in total. The molecule has 1 amide bonds. The smallest absolute Gasteiger partial charge is 0.271 e. The van der Waals surface area contributed by atoms with E-state index in [0.717, 1.165) is 9.13 Å². The number of carbonyl (C=O) groups is 1. The molecule has 8 heteroatoms. The lowest BCUT2D eigenvalue weighted by Gasteiger charge is -2.10. The first-order valence-corrected chi connectivity index (χ1v) is 8.35. The molecule has 0 bridgehead atoms.